The number of benzene rings is 2. The Morgan fingerprint density at radius 3 is 2.41 bits per heavy atom. The van der Waals surface area contributed by atoms with E-state index in [-0.39, 0.29) is 36.9 Å². The number of nitrogens with zero attached hydrogens (tertiary/aromatic N) is 1. The molecule has 0 unspecified atom stereocenters. The molecule has 0 N–H and O–H groups in total. The molecule has 3 atom stereocenters. The first-order valence-corrected chi connectivity index (χ1v) is 10.4. The number of likely N-dealkylation sites (tertiary alicyclic amines) is 1. The third-order valence-electron chi connectivity index (χ3n) is 6.52. The molecule has 5 rings (SSSR count). The maximum absolute atomic E-state index is 13.0. The van der Waals surface area contributed by atoms with E-state index in [0.717, 1.165) is 12.8 Å². The number of carbonyl (C=O) groups excluding carboxylic acids is 2. The normalized spacial score (nSPS) is 25.1. The number of fused-ring (bicyclic) bond motifs is 4. The second-order valence-electron chi connectivity index (χ2n) is 8.19. The first-order valence-electron chi connectivity index (χ1n) is 10.4. The van der Waals surface area contributed by atoms with Crippen LogP contribution in [0.2, 0.25) is 0 Å². The Hall–Kier alpha value is -2.66. The number of amides is 1. The van der Waals surface area contributed by atoms with Crippen LogP contribution in [-0.2, 0) is 14.3 Å². The van der Waals surface area contributed by atoms with Crippen LogP contribution in [0, 0.1) is 5.92 Å². The molecule has 2 aromatic carbocycles. The van der Waals surface area contributed by atoms with E-state index in [2.05, 4.69) is 31.2 Å². The highest BCUT2D eigenvalue weighted by Crippen LogP contribution is 2.44. The molecule has 2 aliphatic heterocycles. The number of ether oxygens (including phenoxy) is 2. The standard InChI is InChI=1S/C24H25NO4/c1-2-7-15-12-25(22-21(26)14-28-23(15)22)24(27)29-13-20-18-10-5-3-8-16(18)17-9-4-6-11-19(17)20/h3-6,8-11,15,20,22-23H,2,7,12-14H2,1H3/t15-,22+,23+/m0/s1. The van der Waals surface area contributed by atoms with E-state index in [4.69, 9.17) is 9.47 Å². The maximum atomic E-state index is 13.0. The molecule has 1 aliphatic carbocycles. The van der Waals surface area contributed by atoms with E-state index in [0.29, 0.717) is 6.54 Å². The van der Waals surface area contributed by atoms with Crippen LogP contribution in [0.15, 0.2) is 48.5 Å². The van der Waals surface area contributed by atoms with Crippen LogP contribution in [0.3, 0.4) is 0 Å². The SMILES string of the molecule is CCC[C@H]1CN(C(=O)OCC2c3ccccc3-c3ccccc32)[C@@H]2C(=O)CO[C@H]12. The first-order chi connectivity index (χ1) is 14.2. The quantitative estimate of drug-likeness (QED) is 0.790. The van der Waals surface area contributed by atoms with Crippen LogP contribution >= 0.6 is 0 Å². The van der Waals surface area contributed by atoms with Crippen molar-refractivity contribution in [3.8, 4) is 11.1 Å². The molecule has 29 heavy (non-hydrogen) atoms. The van der Waals surface area contributed by atoms with Crippen LogP contribution in [0.5, 0.6) is 0 Å². The molecule has 3 aliphatic rings. The lowest BCUT2D eigenvalue weighted by molar-refractivity contribution is -0.121. The third kappa shape index (κ3) is 2.96. The number of Topliss-reactive ketones (excluding diaryl/α,β-unsaturated/α-hetero) is 1. The Labute approximate surface area is 170 Å². The van der Waals surface area contributed by atoms with Crippen LogP contribution in [0.25, 0.3) is 11.1 Å². The minimum absolute atomic E-state index is 0.0119. The lowest BCUT2D eigenvalue weighted by Crippen LogP contribution is -2.42. The van der Waals surface area contributed by atoms with E-state index in [9.17, 15) is 9.59 Å². The number of ketones is 1. The van der Waals surface area contributed by atoms with Gasteiger partial charge in [-0.25, -0.2) is 4.79 Å². The summed E-state index contributed by atoms with van der Waals surface area (Å²) >= 11 is 0. The summed E-state index contributed by atoms with van der Waals surface area (Å²) in [5, 5.41) is 0. The van der Waals surface area contributed by atoms with Crippen molar-refractivity contribution in [2.75, 3.05) is 19.8 Å². The fraction of sp³-hybridized carbons (Fsp3) is 0.417. The van der Waals surface area contributed by atoms with Crippen molar-refractivity contribution in [3.63, 3.8) is 0 Å². The van der Waals surface area contributed by atoms with E-state index < -0.39 is 12.1 Å². The predicted octanol–water partition coefficient (Wildman–Crippen LogP) is 4.00. The summed E-state index contributed by atoms with van der Waals surface area (Å²) in [4.78, 5) is 26.9. The van der Waals surface area contributed by atoms with Crippen molar-refractivity contribution in [1.29, 1.82) is 0 Å². The summed E-state index contributed by atoms with van der Waals surface area (Å²) in [6, 6.07) is 16.1. The van der Waals surface area contributed by atoms with Gasteiger partial charge >= 0.3 is 6.09 Å². The Morgan fingerprint density at radius 1 is 1.10 bits per heavy atom. The van der Waals surface area contributed by atoms with Gasteiger partial charge in [-0.15, -0.1) is 0 Å². The number of carbonyl (C=O) groups is 2. The zero-order valence-corrected chi connectivity index (χ0v) is 16.5. The van der Waals surface area contributed by atoms with Gasteiger partial charge < -0.3 is 9.47 Å². The topological polar surface area (TPSA) is 55.8 Å². The minimum atomic E-state index is -0.484. The van der Waals surface area contributed by atoms with Gasteiger partial charge in [0.15, 0.2) is 5.78 Å². The molecule has 0 saturated carbocycles. The van der Waals surface area contributed by atoms with Gasteiger partial charge in [0.05, 0.1) is 6.10 Å². The average molecular weight is 391 g/mol. The van der Waals surface area contributed by atoms with Crippen LogP contribution < -0.4 is 0 Å². The summed E-state index contributed by atoms with van der Waals surface area (Å²) in [7, 11) is 0. The lowest BCUT2D eigenvalue weighted by Gasteiger charge is -2.22. The molecule has 5 heteroatoms. The molecular weight excluding hydrogens is 366 g/mol. The summed E-state index contributed by atoms with van der Waals surface area (Å²) < 4.78 is 11.5. The van der Waals surface area contributed by atoms with E-state index >= 15 is 0 Å². The fourth-order valence-corrected chi connectivity index (χ4v) is 5.24. The first kappa shape index (κ1) is 18.4. The number of hydrogen-bond acceptors (Lipinski definition) is 4. The van der Waals surface area contributed by atoms with Gasteiger partial charge in [-0.2, -0.15) is 0 Å². The van der Waals surface area contributed by atoms with Gasteiger partial charge in [0, 0.05) is 18.4 Å². The van der Waals surface area contributed by atoms with Crippen LogP contribution in [0.1, 0.15) is 36.8 Å². The Morgan fingerprint density at radius 2 is 1.76 bits per heavy atom. The van der Waals surface area contributed by atoms with Crippen LogP contribution in [0.4, 0.5) is 4.79 Å². The molecule has 0 aromatic heterocycles. The average Bonchev–Trinajstić information content (AvgIpc) is 3.39. The van der Waals surface area contributed by atoms with Crippen molar-refractivity contribution in [3.05, 3.63) is 59.7 Å². The molecule has 0 bridgehead atoms. The van der Waals surface area contributed by atoms with E-state index in [1.165, 1.54) is 22.3 Å². The lowest BCUT2D eigenvalue weighted by atomic mass is 9.97. The fourth-order valence-electron chi connectivity index (χ4n) is 5.24. The molecule has 2 aromatic rings. The molecule has 0 radical (unpaired) electrons. The number of rotatable bonds is 4. The Kier molecular flexibility index (Phi) is 4.63. The van der Waals surface area contributed by atoms with Gasteiger partial charge in [0.25, 0.3) is 0 Å². The summed E-state index contributed by atoms with van der Waals surface area (Å²) in [5.41, 5.74) is 4.77. The molecule has 150 valence electrons. The van der Waals surface area contributed by atoms with E-state index in [1.807, 2.05) is 24.3 Å². The molecule has 2 saturated heterocycles. The molecule has 2 fully saturated rings. The van der Waals surface area contributed by atoms with Gasteiger partial charge in [-0.3, -0.25) is 9.69 Å². The molecule has 5 nitrogen and oxygen atoms in total. The maximum Gasteiger partial charge on any atom is 0.410 e. The summed E-state index contributed by atoms with van der Waals surface area (Å²) in [5.74, 6) is 0.214. The summed E-state index contributed by atoms with van der Waals surface area (Å²) in [6.45, 7) is 3.02. The van der Waals surface area contributed by atoms with Crippen molar-refractivity contribution in [1.82, 2.24) is 4.90 Å². The minimum Gasteiger partial charge on any atom is -0.448 e. The van der Waals surface area contributed by atoms with Gasteiger partial charge in [0.2, 0.25) is 0 Å². The molecule has 1 amide bonds. The van der Waals surface area contributed by atoms with Crippen molar-refractivity contribution in [2.24, 2.45) is 5.92 Å². The predicted molar refractivity (Wildman–Crippen MR) is 109 cm³/mol. The van der Waals surface area contributed by atoms with Gasteiger partial charge in [-0.1, -0.05) is 61.9 Å². The second kappa shape index (κ2) is 7.30. The molecular formula is C24H25NO4. The zero-order chi connectivity index (χ0) is 20.0. The van der Waals surface area contributed by atoms with Gasteiger partial charge in [-0.05, 0) is 28.7 Å². The van der Waals surface area contributed by atoms with Crippen molar-refractivity contribution >= 4 is 11.9 Å². The van der Waals surface area contributed by atoms with Gasteiger partial charge in [0.1, 0.15) is 19.3 Å². The van der Waals surface area contributed by atoms with Crippen molar-refractivity contribution < 1.29 is 19.1 Å². The van der Waals surface area contributed by atoms with E-state index in [1.54, 1.807) is 4.90 Å². The molecule has 2 heterocycles. The van der Waals surface area contributed by atoms with Crippen LogP contribution in [-0.4, -0.2) is 48.7 Å². The highest BCUT2D eigenvalue weighted by atomic mass is 16.6. The monoisotopic (exact) mass is 391 g/mol. The third-order valence-corrected chi connectivity index (χ3v) is 6.52. The Balaban J connectivity index is 1.34. The zero-order valence-electron chi connectivity index (χ0n) is 16.5. The Bertz CT molecular complexity index is 910. The summed E-state index contributed by atoms with van der Waals surface area (Å²) in [6.07, 6.45) is 1.37. The largest absolute Gasteiger partial charge is 0.448 e. The molecule has 0 spiro atoms. The smallest absolute Gasteiger partial charge is 0.410 e. The second-order valence-corrected chi connectivity index (χ2v) is 8.19. The van der Waals surface area contributed by atoms with Crippen molar-refractivity contribution in [2.45, 2.75) is 37.8 Å². The highest BCUT2D eigenvalue weighted by Gasteiger charge is 2.52. The highest BCUT2D eigenvalue weighted by molar-refractivity contribution is 5.91. The number of hydrogen-bond donors (Lipinski definition) is 0.